The molecule has 0 aliphatic heterocycles. The summed E-state index contributed by atoms with van der Waals surface area (Å²) in [6.45, 7) is 0.354. The Morgan fingerprint density at radius 2 is 2.05 bits per heavy atom. The summed E-state index contributed by atoms with van der Waals surface area (Å²) in [5.41, 5.74) is 0. The normalized spacial score (nSPS) is 19.9. The molecule has 1 amide bonds. The third-order valence-corrected chi connectivity index (χ3v) is 3.48. The number of carbonyl (C=O) groups excluding carboxylic acids is 1. The highest BCUT2D eigenvalue weighted by Crippen LogP contribution is 2.23. The average Bonchev–Trinajstić information content (AvgIpc) is 2.46. The van der Waals surface area contributed by atoms with E-state index in [1.54, 1.807) is 7.11 Å². The van der Waals surface area contributed by atoms with Gasteiger partial charge in [0, 0.05) is 6.04 Å². The molecule has 0 atom stereocenters. The Labute approximate surface area is 129 Å². The third-order valence-electron chi connectivity index (χ3n) is 3.37. The number of carbonyl (C=O) groups is 1. The summed E-state index contributed by atoms with van der Waals surface area (Å²) >= 11 is 4.55. The topological polar surface area (TPSA) is 59.9 Å². The first-order chi connectivity index (χ1) is 10.2. The molecule has 1 aliphatic carbocycles. The number of nitrogens with one attached hydrogen (secondary N) is 1. The van der Waals surface area contributed by atoms with Gasteiger partial charge >= 0.3 is 0 Å². The molecule has 21 heavy (non-hydrogen) atoms. The van der Waals surface area contributed by atoms with E-state index in [4.69, 9.17) is 9.47 Å². The van der Waals surface area contributed by atoms with Gasteiger partial charge in [0.05, 0.1) is 31.3 Å². The van der Waals surface area contributed by atoms with Gasteiger partial charge in [-0.15, -0.1) is 0 Å². The molecule has 6 heteroatoms. The maximum atomic E-state index is 11.7. The van der Waals surface area contributed by atoms with Crippen molar-refractivity contribution in [2.24, 2.45) is 4.99 Å². The van der Waals surface area contributed by atoms with Crippen molar-refractivity contribution in [3.8, 4) is 11.5 Å². The number of benzene rings is 1. The van der Waals surface area contributed by atoms with E-state index in [-0.39, 0.29) is 18.0 Å². The minimum absolute atomic E-state index is 0.00158. The first-order valence-electron chi connectivity index (χ1n) is 6.84. The maximum absolute atomic E-state index is 11.7. The van der Waals surface area contributed by atoms with Crippen molar-refractivity contribution in [1.29, 1.82) is 0 Å². The number of hydrogen-bond acceptors (Lipinski definition) is 5. The molecule has 1 aromatic rings. The van der Waals surface area contributed by atoms with E-state index in [0.29, 0.717) is 13.0 Å². The van der Waals surface area contributed by atoms with E-state index in [9.17, 15) is 4.79 Å². The molecule has 5 nitrogen and oxygen atoms in total. The van der Waals surface area contributed by atoms with E-state index in [1.165, 1.54) is 0 Å². The predicted octanol–water partition coefficient (Wildman–Crippen LogP) is 2.21. The highest BCUT2D eigenvalue weighted by molar-refractivity contribution is 7.78. The van der Waals surface area contributed by atoms with Crippen LogP contribution in [0.3, 0.4) is 0 Å². The SMILES string of the molecule is COc1ccc(OCCC(=O)N[C@H]2C[C@@H](N=C=S)C2)cc1. The van der Waals surface area contributed by atoms with Gasteiger partial charge in [-0.25, -0.2) is 4.99 Å². The Kier molecular flexibility index (Phi) is 5.72. The van der Waals surface area contributed by atoms with Crippen molar-refractivity contribution in [2.45, 2.75) is 31.3 Å². The van der Waals surface area contributed by atoms with Crippen LogP contribution in [0.15, 0.2) is 29.3 Å². The highest BCUT2D eigenvalue weighted by Gasteiger charge is 2.29. The van der Waals surface area contributed by atoms with Crippen LogP contribution in [0.2, 0.25) is 0 Å². The number of amides is 1. The van der Waals surface area contributed by atoms with Crippen LogP contribution in [0.25, 0.3) is 0 Å². The summed E-state index contributed by atoms with van der Waals surface area (Å²) in [7, 11) is 1.61. The zero-order valence-electron chi connectivity index (χ0n) is 11.9. The Balaban J connectivity index is 1.62. The lowest BCUT2D eigenvalue weighted by atomic mass is 9.87. The highest BCUT2D eigenvalue weighted by atomic mass is 32.1. The number of thiocarbonyl (C=S) groups is 1. The number of methoxy groups -OCH3 is 1. The second-order valence-electron chi connectivity index (χ2n) is 4.88. The molecule has 0 heterocycles. The fourth-order valence-electron chi connectivity index (χ4n) is 2.12. The monoisotopic (exact) mass is 306 g/mol. The van der Waals surface area contributed by atoms with E-state index in [0.717, 1.165) is 24.3 Å². The lowest BCUT2D eigenvalue weighted by Gasteiger charge is -2.32. The minimum atomic E-state index is -0.00158. The molecule has 1 aliphatic rings. The van der Waals surface area contributed by atoms with Crippen LogP contribution in [0.4, 0.5) is 0 Å². The number of rotatable bonds is 7. The summed E-state index contributed by atoms with van der Waals surface area (Å²) in [4.78, 5) is 15.7. The largest absolute Gasteiger partial charge is 0.497 e. The van der Waals surface area contributed by atoms with Gasteiger partial charge in [-0.1, -0.05) is 0 Å². The molecule has 1 aromatic carbocycles. The lowest BCUT2D eigenvalue weighted by molar-refractivity contribution is -0.122. The molecule has 2 rings (SSSR count). The standard InChI is InChI=1S/C15H18N2O3S/c1-19-13-2-4-14(5-3-13)20-7-6-15(18)17-12-8-11(9-12)16-10-21/h2-5,11-12H,6-9H2,1H3,(H,17,18)/t11-,12+. The molecule has 112 valence electrons. The third kappa shape index (κ3) is 4.85. The van der Waals surface area contributed by atoms with Crippen LogP contribution in [0.1, 0.15) is 19.3 Å². The number of ether oxygens (including phenoxy) is 2. The molecule has 0 spiro atoms. The number of aliphatic imine (C=N–C) groups is 1. The fourth-order valence-corrected chi connectivity index (χ4v) is 2.27. The summed E-state index contributed by atoms with van der Waals surface area (Å²) in [6, 6.07) is 7.70. The van der Waals surface area contributed by atoms with E-state index >= 15 is 0 Å². The van der Waals surface area contributed by atoms with E-state index < -0.39 is 0 Å². The number of isothiocyanates is 1. The molecule has 1 saturated carbocycles. The van der Waals surface area contributed by atoms with Gasteiger partial charge in [0.1, 0.15) is 11.5 Å². The Morgan fingerprint density at radius 1 is 1.38 bits per heavy atom. The molecular weight excluding hydrogens is 288 g/mol. The fraction of sp³-hybridized carbons (Fsp3) is 0.467. The molecule has 1 fully saturated rings. The van der Waals surface area contributed by atoms with Crippen LogP contribution in [0, 0.1) is 0 Å². The predicted molar refractivity (Wildman–Crippen MR) is 83.1 cm³/mol. The van der Waals surface area contributed by atoms with Gasteiger partial charge in [0.15, 0.2) is 0 Å². The summed E-state index contributed by atoms with van der Waals surface area (Å²) in [6.07, 6.45) is 2.02. The Morgan fingerprint density at radius 3 is 2.67 bits per heavy atom. The van der Waals surface area contributed by atoms with Crippen molar-refractivity contribution in [1.82, 2.24) is 5.32 Å². The Bertz CT molecular complexity index is 520. The molecule has 0 saturated heterocycles. The zero-order valence-corrected chi connectivity index (χ0v) is 12.7. The molecule has 0 bridgehead atoms. The van der Waals surface area contributed by atoms with Gasteiger partial charge in [0.2, 0.25) is 5.91 Å². The lowest BCUT2D eigenvalue weighted by Crippen LogP contribution is -2.46. The van der Waals surface area contributed by atoms with Crippen LogP contribution in [0.5, 0.6) is 11.5 Å². The van der Waals surface area contributed by atoms with E-state index in [2.05, 4.69) is 27.7 Å². The number of nitrogens with zero attached hydrogens (tertiary/aromatic N) is 1. The van der Waals surface area contributed by atoms with Crippen molar-refractivity contribution >= 4 is 23.3 Å². The van der Waals surface area contributed by atoms with Crippen molar-refractivity contribution in [3.63, 3.8) is 0 Å². The minimum Gasteiger partial charge on any atom is -0.497 e. The average molecular weight is 306 g/mol. The first kappa shape index (κ1) is 15.5. The van der Waals surface area contributed by atoms with Gasteiger partial charge in [-0.3, -0.25) is 4.79 Å². The summed E-state index contributed by atoms with van der Waals surface area (Å²) in [5, 5.41) is 5.32. The van der Waals surface area contributed by atoms with Gasteiger partial charge in [-0.2, -0.15) is 0 Å². The quantitative estimate of drug-likeness (QED) is 0.620. The molecule has 0 radical (unpaired) electrons. The molecule has 0 aromatic heterocycles. The molecular formula is C15H18N2O3S. The molecule has 1 N–H and O–H groups in total. The maximum Gasteiger partial charge on any atom is 0.223 e. The van der Waals surface area contributed by atoms with Gasteiger partial charge < -0.3 is 14.8 Å². The van der Waals surface area contributed by atoms with Crippen LogP contribution in [-0.4, -0.2) is 36.9 Å². The zero-order chi connectivity index (χ0) is 15.1. The summed E-state index contributed by atoms with van der Waals surface area (Å²) in [5.74, 6) is 1.50. The van der Waals surface area contributed by atoms with Crippen LogP contribution < -0.4 is 14.8 Å². The van der Waals surface area contributed by atoms with Gasteiger partial charge in [0.25, 0.3) is 0 Å². The Hall–Kier alpha value is -1.91. The van der Waals surface area contributed by atoms with Gasteiger partial charge in [-0.05, 0) is 49.3 Å². The van der Waals surface area contributed by atoms with Crippen molar-refractivity contribution in [3.05, 3.63) is 24.3 Å². The second kappa shape index (κ2) is 7.76. The van der Waals surface area contributed by atoms with Crippen molar-refractivity contribution in [2.75, 3.05) is 13.7 Å². The van der Waals surface area contributed by atoms with E-state index in [1.807, 2.05) is 24.3 Å². The first-order valence-corrected chi connectivity index (χ1v) is 7.25. The molecule has 0 unspecified atom stereocenters. The van der Waals surface area contributed by atoms with Crippen molar-refractivity contribution < 1.29 is 14.3 Å². The second-order valence-corrected chi connectivity index (χ2v) is 5.07. The number of hydrogen-bond donors (Lipinski definition) is 1. The van der Waals surface area contributed by atoms with Crippen LogP contribution in [-0.2, 0) is 4.79 Å². The van der Waals surface area contributed by atoms with Crippen LogP contribution >= 0.6 is 12.2 Å². The summed E-state index contributed by atoms with van der Waals surface area (Å²) < 4.78 is 10.6. The smallest absolute Gasteiger partial charge is 0.223 e.